The van der Waals surface area contributed by atoms with E-state index in [0.717, 1.165) is 6.42 Å². The number of hydrogen-bond donors (Lipinski definition) is 1. The third kappa shape index (κ3) is 5.31. The molecule has 1 N–H and O–H groups in total. The maximum absolute atomic E-state index is 11.9. The van der Waals surface area contributed by atoms with Gasteiger partial charge >= 0.3 is 17.9 Å². The number of hydrogen-bond acceptors (Lipinski definition) is 13. The third-order valence-electron chi connectivity index (χ3n) is 5.41. The zero-order valence-corrected chi connectivity index (χ0v) is 19.3. The number of aromatic nitrogens is 4. The molecule has 2 aliphatic heterocycles. The number of fused-ring (bicyclic) bond motifs is 1. The van der Waals surface area contributed by atoms with Gasteiger partial charge in [-0.3, -0.25) is 19.0 Å². The van der Waals surface area contributed by atoms with Gasteiger partial charge in [0.1, 0.15) is 18.8 Å². The molecule has 0 amide bonds. The van der Waals surface area contributed by atoms with Crippen molar-refractivity contribution in [3.63, 3.8) is 0 Å². The Kier molecular flexibility index (Phi) is 7.08. The van der Waals surface area contributed by atoms with Crippen LogP contribution in [0.5, 0.6) is 0 Å². The number of anilines is 1. The van der Waals surface area contributed by atoms with Crippen molar-refractivity contribution in [1.29, 1.82) is 5.26 Å². The Morgan fingerprint density at radius 3 is 2.54 bits per heavy atom. The van der Waals surface area contributed by atoms with Crippen LogP contribution in [0.15, 0.2) is 6.33 Å². The van der Waals surface area contributed by atoms with E-state index < -0.39 is 42.4 Å². The van der Waals surface area contributed by atoms with Crippen LogP contribution in [0.25, 0.3) is 11.2 Å². The van der Waals surface area contributed by atoms with Gasteiger partial charge in [0.2, 0.25) is 5.82 Å². The number of carbonyl (C=O) groups excluding carboxylic acids is 3. The van der Waals surface area contributed by atoms with Gasteiger partial charge in [0.05, 0.1) is 19.0 Å². The number of nitriles is 1. The summed E-state index contributed by atoms with van der Waals surface area (Å²) in [5, 5.41) is 12.7. The van der Waals surface area contributed by atoms with Crippen LogP contribution in [0, 0.1) is 11.3 Å². The average Bonchev–Trinajstić information content (AvgIpc) is 3.52. The molecule has 2 aliphatic rings. The minimum Gasteiger partial charge on any atom is -0.463 e. The fraction of sp³-hybridized carbons (Fsp3) is 0.571. The lowest BCUT2D eigenvalue weighted by atomic mass is 10.1. The Hall–Kier alpha value is -3.83. The minimum atomic E-state index is -1.12. The monoisotopic (exact) mass is 488 g/mol. The molecule has 186 valence electrons. The first kappa shape index (κ1) is 24.3. The second-order valence-electron chi connectivity index (χ2n) is 8.05. The van der Waals surface area contributed by atoms with Crippen LogP contribution in [0.2, 0.25) is 0 Å². The molecule has 0 saturated carbocycles. The summed E-state index contributed by atoms with van der Waals surface area (Å²) in [5.74, 6) is -1.62. The van der Waals surface area contributed by atoms with Crippen LogP contribution in [0.4, 0.5) is 5.82 Å². The molecule has 5 atom stereocenters. The Morgan fingerprint density at radius 1 is 1.17 bits per heavy atom. The second kappa shape index (κ2) is 10.2. The lowest BCUT2D eigenvalue weighted by molar-refractivity contribution is -0.166. The van der Waals surface area contributed by atoms with Gasteiger partial charge in [-0.05, 0) is 6.42 Å². The quantitative estimate of drug-likeness (QED) is 0.414. The van der Waals surface area contributed by atoms with E-state index in [-0.39, 0.29) is 24.1 Å². The fourth-order valence-corrected chi connectivity index (χ4v) is 4.01. The summed E-state index contributed by atoms with van der Waals surface area (Å²) < 4.78 is 28.8. The van der Waals surface area contributed by atoms with E-state index in [0.29, 0.717) is 24.5 Å². The molecule has 0 radical (unpaired) electrons. The molecule has 2 fully saturated rings. The first-order valence-corrected chi connectivity index (χ1v) is 10.9. The summed E-state index contributed by atoms with van der Waals surface area (Å²) in [6, 6.07) is 1.91. The van der Waals surface area contributed by atoms with Gasteiger partial charge in [0.15, 0.2) is 35.4 Å². The van der Waals surface area contributed by atoms with Gasteiger partial charge in [-0.2, -0.15) is 15.2 Å². The molecule has 0 aliphatic carbocycles. The molecular formula is C21H24N6O8. The van der Waals surface area contributed by atoms with Crippen molar-refractivity contribution in [2.45, 2.75) is 57.8 Å². The van der Waals surface area contributed by atoms with Crippen molar-refractivity contribution in [2.24, 2.45) is 0 Å². The average molecular weight is 488 g/mol. The Balaban J connectivity index is 1.75. The molecule has 14 heteroatoms. The summed E-state index contributed by atoms with van der Waals surface area (Å²) in [6.07, 6.45) is -2.04. The van der Waals surface area contributed by atoms with E-state index >= 15 is 0 Å². The van der Waals surface area contributed by atoms with Crippen LogP contribution < -0.4 is 5.32 Å². The summed E-state index contributed by atoms with van der Waals surface area (Å²) in [6.45, 7) is 4.47. The lowest BCUT2D eigenvalue weighted by Gasteiger charge is -2.23. The standard InChI is InChI=1S/C21H24N6O8/c1-10(28)32-8-14-17(33-11(2)29)18(34-12(3)30)21(35-14)27-9-23-16-19(24-13-4-5-31-7-13)25-15(6-22)26-20(16)27/h9,13-14,17-18,21H,4-5,7-8H2,1-3H3,(H,24,25,26)/t13?,14-,17-,18-,21-/m1/s1. The number of carbonyl (C=O) groups is 3. The number of nitrogens with one attached hydrogen (secondary N) is 1. The van der Waals surface area contributed by atoms with Crippen molar-refractivity contribution in [3.8, 4) is 6.07 Å². The first-order valence-electron chi connectivity index (χ1n) is 10.9. The van der Waals surface area contributed by atoms with Crippen molar-refractivity contribution >= 4 is 34.9 Å². The predicted octanol–water partition coefficient (Wildman–Crippen LogP) is 0.223. The van der Waals surface area contributed by atoms with Crippen molar-refractivity contribution < 1.29 is 38.1 Å². The van der Waals surface area contributed by atoms with Crippen molar-refractivity contribution in [2.75, 3.05) is 25.1 Å². The number of rotatable bonds is 7. The Labute approximate surface area is 199 Å². The van der Waals surface area contributed by atoms with Gasteiger partial charge in [-0.1, -0.05) is 0 Å². The van der Waals surface area contributed by atoms with E-state index in [9.17, 15) is 19.6 Å². The lowest BCUT2D eigenvalue weighted by Crippen LogP contribution is -2.40. The zero-order chi connectivity index (χ0) is 25.1. The van der Waals surface area contributed by atoms with Crippen LogP contribution in [-0.4, -0.2) is 81.6 Å². The number of imidazole rings is 1. The molecule has 4 rings (SSSR count). The van der Waals surface area contributed by atoms with Crippen LogP contribution >= 0.6 is 0 Å². The van der Waals surface area contributed by atoms with Gasteiger partial charge in [0.25, 0.3) is 0 Å². The molecule has 2 saturated heterocycles. The number of nitrogens with zero attached hydrogens (tertiary/aromatic N) is 5. The second-order valence-corrected chi connectivity index (χ2v) is 8.05. The van der Waals surface area contributed by atoms with Gasteiger partial charge in [-0.25, -0.2) is 4.98 Å². The maximum Gasteiger partial charge on any atom is 0.303 e. The fourth-order valence-electron chi connectivity index (χ4n) is 4.01. The van der Waals surface area contributed by atoms with Crippen LogP contribution in [-0.2, 0) is 38.1 Å². The maximum atomic E-state index is 11.9. The molecular weight excluding hydrogens is 464 g/mol. The van der Waals surface area contributed by atoms with E-state index in [2.05, 4.69) is 20.3 Å². The van der Waals surface area contributed by atoms with Crippen LogP contribution in [0.1, 0.15) is 39.2 Å². The van der Waals surface area contributed by atoms with Gasteiger partial charge in [-0.15, -0.1) is 0 Å². The summed E-state index contributed by atoms with van der Waals surface area (Å²) in [4.78, 5) is 48.0. The normalized spacial score (nSPS) is 25.7. The number of ether oxygens (including phenoxy) is 5. The smallest absolute Gasteiger partial charge is 0.303 e. The molecule has 0 spiro atoms. The largest absolute Gasteiger partial charge is 0.463 e. The number of esters is 3. The first-order chi connectivity index (χ1) is 16.8. The zero-order valence-electron chi connectivity index (χ0n) is 19.3. The van der Waals surface area contributed by atoms with Crippen molar-refractivity contribution in [3.05, 3.63) is 12.2 Å². The highest BCUT2D eigenvalue weighted by Gasteiger charge is 2.51. The highest BCUT2D eigenvalue weighted by Crippen LogP contribution is 2.36. The Bertz CT molecular complexity index is 1170. The van der Waals surface area contributed by atoms with Gasteiger partial charge in [0, 0.05) is 27.4 Å². The molecule has 0 bridgehead atoms. The van der Waals surface area contributed by atoms with E-state index in [1.165, 1.54) is 31.7 Å². The van der Waals surface area contributed by atoms with Crippen LogP contribution in [0.3, 0.4) is 0 Å². The molecule has 4 heterocycles. The highest BCUT2D eigenvalue weighted by atomic mass is 16.7. The van der Waals surface area contributed by atoms with Crippen molar-refractivity contribution in [1.82, 2.24) is 19.5 Å². The molecule has 1 unspecified atom stereocenters. The van der Waals surface area contributed by atoms with E-state index in [4.69, 9.17) is 23.7 Å². The summed E-state index contributed by atoms with van der Waals surface area (Å²) in [7, 11) is 0. The van der Waals surface area contributed by atoms with E-state index in [1.807, 2.05) is 6.07 Å². The molecule has 2 aromatic heterocycles. The SMILES string of the molecule is CC(=O)OC[C@H]1O[C@@H](n2cnc3c(NC4CCOC4)nc(C#N)nc32)[C@H](OC(C)=O)[C@@H]1OC(C)=O. The summed E-state index contributed by atoms with van der Waals surface area (Å²) >= 11 is 0. The Morgan fingerprint density at radius 2 is 1.91 bits per heavy atom. The highest BCUT2D eigenvalue weighted by molar-refractivity contribution is 5.83. The topological polar surface area (TPSA) is 177 Å². The molecule has 14 nitrogen and oxygen atoms in total. The third-order valence-corrected chi connectivity index (χ3v) is 5.41. The molecule has 2 aromatic rings. The van der Waals surface area contributed by atoms with E-state index in [1.54, 1.807) is 0 Å². The summed E-state index contributed by atoms with van der Waals surface area (Å²) in [5.41, 5.74) is 0.586. The minimum absolute atomic E-state index is 0.0113. The predicted molar refractivity (Wildman–Crippen MR) is 115 cm³/mol. The molecule has 35 heavy (non-hydrogen) atoms. The van der Waals surface area contributed by atoms with Gasteiger partial charge < -0.3 is 29.0 Å². The molecule has 0 aromatic carbocycles.